The quantitative estimate of drug-likeness (QED) is 0.411. The summed E-state index contributed by atoms with van der Waals surface area (Å²) in [6.45, 7) is 1.75. The summed E-state index contributed by atoms with van der Waals surface area (Å²) in [5.41, 5.74) is -0.0652. The van der Waals surface area contributed by atoms with Gasteiger partial charge in [0.05, 0.1) is 28.7 Å². The Labute approximate surface area is 174 Å². The number of rotatable bonds is 6. The van der Waals surface area contributed by atoms with Crippen LogP contribution in [0.15, 0.2) is 60.7 Å². The number of nitrogens with zero attached hydrogens (tertiary/aromatic N) is 2. The summed E-state index contributed by atoms with van der Waals surface area (Å²) in [5, 5.41) is 24.5. The van der Waals surface area contributed by atoms with Gasteiger partial charge in [0.25, 0.3) is 0 Å². The lowest BCUT2D eigenvalue weighted by Gasteiger charge is -2.12. The van der Waals surface area contributed by atoms with Crippen molar-refractivity contribution in [3.05, 3.63) is 83.6 Å². The fraction of sp³-hybridized carbons (Fsp3) is 0.227. The van der Waals surface area contributed by atoms with Crippen LogP contribution in [0, 0.1) is 11.6 Å². The van der Waals surface area contributed by atoms with Crippen molar-refractivity contribution in [3.63, 3.8) is 0 Å². The van der Waals surface area contributed by atoms with Crippen molar-refractivity contribution in [2.75, 3.05) is 0 Å². The first kappa shape index (κ1) is 22.6. The Balaban J connectivity index is 2.08. The van der Waals surface area contributed by atoms with Crippen molar-refractivity contribution >= 4 is 0 Å². The monoisotopic (exact) mass is 438 g/mol. The van der Waals surface area contributed by atoms with Crippen LogP contribution in [0.25, 0.3) is 16.9 Å². The van der Waals surface area contributed by atoms with E-state index in [4.69, 9.17) is 0 Å². The van der Waals surface area contributed by atoms with Crippen molar-refractivity contribution in [1.29, 1.82) is 0 Å². The maximum Gasteiger partial charge on any atom is 0.416 e. The molecule has 2 unspecified atom stereocenters. The van der Waals surface area contributed by atoms with Crippen LogP contribution < -0.4 is 0 Å². The smallest absolute Gasteiger partial charge is 0.389 e. The fourth-order valence-corrected chi connectivity index (χ4v) is 2.87. The molecule has 4 nitrogen and oxygen atoms in total. The zero-order valence-corrected chi connectivity index (χ0v) is 16.3. The molecular weight excluding hydrogens is 419 g/mol. The van der Waals surface area contributed by atoms with E-state index < -0.39 is 35.6 Å². The van der Waals surface area contributed by atoms with Gasteiger partial charge in [-0.15, -0.1) is 0 Å². The lowest BCUT2D eigenvalue weighted by atomic mass is 10.1. The number of aliphatic hydroxyl groups excluding tert-OH is 2. The average Bonchev–Trinajstić information content (AvgIpc) is 3.18. The first-order chi connectivity index (χ1) is 14.6. The molecule has 0 bridgehead atoms. The van der Waals surface area contributed by atoms with Crippen molar-refractivity contribution in [1.82, 2.24) is 9.78 Å². The van der Waals surface area contributed by atoms with Crippen LogP contribution in [0.3, 0.4) is 0 Å². The topological polar surface area (TPSA) is 58.3 Å². The highest BCUT2D eigenvalue weighted by Crippen LogP contribution is 2.31. The fourth-order valence-electron chi connectivity index (χ4n) is 2.87. The second-order valence-electron chi connectivity index (χ2n) is 6.85. The number of hydrogen-bond acceptors (Lipinski definition) is 3. The van der Waals surface area contributed by atoms with Crippen molar-refractivity contribution < 1.29 is 32.2 Å². The van der Waals surface area contributed by atoms with E-state index in [1.165, 1.54) is 41.1 Å². The molecule has 0 aliphatic rings. The van der Waals surface area contributed by atoms with E-state index in [-0.39, 0.29) is 22.6 Å². The molecule has 9 heteroatoms. The second kappa shape index (κ2) is 8.99. The summed E-state index contributed by atoms with van der Waals surface area (Å²) >= 11 is 0. The van der Waals surface area contributed by atoms with E-state index in [1.54, 1.807) is 6.92 Å². The second-order valence-corrected chi connectivity index (χ2v) is 6.85. The molecule has 2 aromatic carbocycles. The molecule has 3 aromatic rings. The largest absolute Gasteiger partial charge is 0.416 e. The molecular formula is C22H19F5N2O2. The lowest BCUT2D eigenvalue weighted by molar-refractivity contribution is -0.137. The van der Waals surface area contributed by atoms with Crippen molar-refractivity contribution in [3.8, 4) is 16.9 Å². The van der Waals surface area contributed by atoms with Crippen molar-refractivity contribution in [2.24, 2.45) is 0 Å². The van der Waals surface area contributed by atoms with Crippen LogP contribution in [-0.2, 0) is 6.18 Å². The maximum absolute atomic E-state index is 13.7. The Kier molecular flexibility index (Phi) is 6.56. The van der Waals surface area contributed by atoms with Gasteiger partial charge in [0.15, 0.2) is 11.6 Å². The van der Waals surface area contributed by atoms with Crippen LogP contribution >= 0.6 is 0 Å². The lowest BCUT2D eigenvalue weighted by Crippen LogP contribution is -2.09. The van der Waals surface area contributed by atoms with Gasteiger partial charge < -0.3 is 10.2 Å². The third-order valence-electron chi connectivity index (χ3n) is 4.63. The highest BCUT2D eigenvalue weighted by atomic mass is 19.4. The van der Waals surface area contributed by atoms with Gasteiger partial charge in [-0.05, 0) is 55.0 Å². The minimum Gasteiger partial charge on any atom is -0.389 e. The third-order valence-corrected chi connectivity index (χ3v) is 4.63. The number of benzene rings is 2. The van der Waals surface area contributed by atoms with Gasteiger partial charge in [0.2, 0.25) is 0 Å². The van der Waals surface area contributed by atoms with Gasteiger partial charge in [-0.25, -0.2) is 13.5 Å². The zero-order valence-electron chi connectivity index (χ0n) is 16.3. The number of aromatic nitrogens is 2. The summed E-state index contributed by atoms with van der Waals surface area (Å²) in [4.78, 5) is 0. The standard InChI is InChI=1S/C22H19F5N2O2/c1-2-16(30)8-10-21(31)20-12-19(13-3-9-17(23)18(24)11-13)28-29(20)15-6-4-14(5-7-15)22(25,26)27/h3-12,16,21,30-31H,2H2,1H3/b10-8+. The summed E-state index contributed by atoms with van der Waals surface area (Å²) in [6.07, 6.45) is -3.45. The number of halogens is 5. The van der Waals surface area contributed by atoms with E-state index >= 15 is 0 Å². The van der Waals surface area contributed by atoms with Gasteiger partial charge in [0, 0.05) is 5.56 Å². The number of hydrogen-bond donors (Lipinski definition) is 2. The van der Waals surface area contributed by atoms with E-state index in [2.05, 4.69) is 5.10 Å². The van der Waals surface area contributed by atoms with Gasteiger partial charge in [-0.2, -0.15) is 18.3 Å². The first-order valence-corrected chi connectivity index (χ1v) is 9.37. The molecule has 0 fully saturated rings. The van der Waals surface area contributed by atoms with Gasteiger partial charge in [-0.1, -0.05) is 19.1 Å². The molecule has 3 rings (SSSR count). The van der Waals surface area contributed by atoms with E-state index in [0.717, 1.165) is 24.3 Å². The molecule has 0 amide bonds. The predicted octanol–water partition coefficient (Wildman–Crippen LogP) is 5.20. The molecule has 0 aliphatic carbocycles. The molecule has 0 spiro atoms. The van der Waals surface area contributed by atoms with E-state index in [0.29, 0.717) is 6.42 Å². The third kappa shape index (κ3) is 5.18. The normalized spacial score (nSPS) is 14.2. The SMILES string of the molecule is CCC(O)/C=C/C(O)c1cc(-c2ccc(F)c(F)c2)nn1-c1ccc(C(F)(F)F)cc1. The first-order valence-electron chi connectivity index (χ1n) is 9.37. The highest BCUT2D eigenvalue weighted by Gasteiger charge is 2.30. The predicted molar refractivity (Wildman–Crippen MR) is 104 cm³/mol. The van der Waals surface area contributed by atoms with Crippen molar-refractivity contribution in [2.45, 2.75) is 31.7 Å². The van der Waals surface area contributed by atoms with Crippen LogP contribution in [-0.4, -0.2) is 26.1 Å². The molecule has 0 aliphatic heterocycles. The Morgan fingerprint density at radius 2 is 1.65 bits per heavy atom. The Morgan fingerprint density at radius 1 is 0.968 bits per heavy atom. The molecule has 1 heterocycles. The van der Waals surface area contributed by atoms with Crippen LogP contribution in [0.2, 0.25) is 0 Å². The number of aliphatic hydroxyl groups is 2. The Hall–Kier alpha value is -3.04. The zero-order chi connectivity index (χ0) is 22.8. The van der Waals surface area contributed by atoms with E-state index in [9.17, 15) is 32.2 Å². The van der Waals surface area contributed by atoms with Gasteiger partial charge >= 0.3 is 6.18 Å². The van der Waals surface area contributed by atoms with Crippen LogP contribution in [0.5, 0.6) is 0 Å². The van der Waals surface area contributed by atoms with Gasteiger partial charge in [0.1, 0.15) is 6.10 Å². The van der Waals surface area contributed by atoms with Crippen LogP contribution in [0.1, 0.15) is 30.7 Å². The minimum absolute atomic E-state index is 0.166. The molecule has 31 heavy (non-hydrogen) atoms. The van der Waals surface area contributed by atoms with E-state index in [1.807, 2.05) is 0 Å². The summed E-state index contributed by atoms with van der Waals surface area (Å²) in [5.74, 6) is -2.13. The van der Waals surface area contributed by atoms with Crippen LogP contribution in [0.4, 0.5) is 22.0 Å². The molecule has 2 N–H and O–H groups in total. The molecule has 2 atom stereocenters. The Bertz CT molecular complexity index is 1070. The molecule has 0 radical (unpaired) electrons. The summed E-state index contributed by atoms with van der Waals surface area (Å²) < 4.78 is 66.8. The highest BCUT2D eigenvalue weighted by molar-refractivity contribution is 5.60. The Morgan fingerprint density at radius 3 is 2.23 bits per heavy atom. The molecule has 1 aromatic heterocycles. The molecule has 164 valence electrons. The molecule has 0 saturated heterocycles. The minimum atomic E-state index is -4.51. The summed E-state index contributed by atoms with van der Waals surface area (Å²) in [6, 6.07) is 8.69. The van der Waals surface area contributed by atoms with Gasteiger partial charge in [-0.3, -0.25) is 0 Å². The average molecular weight is 438 g/mol. The number of alkyl halides is 3. The summed E-state index contributed by atoms with van der Waals surface area (Å²) in [7, 11) is 0. The maximum atomic E-state index is 13.7. The molecule has 0 saturated carbocycles.